The average molecular weight is 349 g/mol. The quantitative estimate of drug-likeness (QED) is 0.784. The summed E-state index contributed by atoms with van der Waals surface area (Å²) in [6.07, 6.45) is 4.30. The van der Waals surface area contributed by atoms with Crippen LogP contribution in [0.15, 0.2) is 48.7 Å². The molecule has 0 bridgehead atoms. The molecular weight excluding hydrogens is 326 g/mol. The fourth-order valence-electron chi connectivity index (χ4n) is 3.78. The SMILES string of the molecule is COc1ccccc1CC(=O)N1CCC[C@H](c2cc3ncccc3[nH]2)C1. The third kappa shape index (κ3) is 3.29. The standard InChI is InChI=1S/C21H23N3O2/c1-26-20-9-3-2-6-15(20)12-21(25)24-11-5-7-16(14-24)18-13-19-17(23-18)8-4-10-22-19/h2-4,6,8-10,13,16,23H,5,7,11-12,14H2,1H3/t16-/m0/s1. The number of nitrogens with one attached hydrogen (secondary N) is 1. The molecule has 3 heterocycles. The Kier molecular flexibility index (Phi) is 4.61. The Morgan fingerprint density at radius 2 is 2.19 bits per heavy atom. The highest BCUT2D eigenvalue weighted by Crippen LogP contribution is 2.29. The van der Waals surface area contributed by atoms with Crippen LogP contribution in [0.4, 0.5) is 0 Å². The second-order valence-corrected chi connectivity index (χ2v) is 6.83. The normalized spacial score (nSPS) is 17.4. The topological polar surface area (TPSA) is 58.2 Å². The summed E-state index contributed by atoms with van der Waals surface area (Å²) in [6, 6.07) is 13.8. The highest BCUT2D eigenvalue weighted by molar-refractivity contribution is 5.80. The lowest BCUT2D eigenvalue weighted by Gasteiger charge is -2.32. The Morgan fingerprint density at radius 3 is 3.04 bits per heavy atom. The predicted octanol–water partition coefficient (Wildman–Crippen LogP) is 3.52. The molecular formula is C21H23N3O2. The van der Waals surface area contributed by atoms with Gasteiger partial charge in [0.15, 0.2) is 0 Å². The van der Waals surface area contributed by atoms with Gasteiger partial charge in [0.2, 0.25) is 5.91 Å². The van der Waals surface area contributed by atoms with Gasteiger partial charge in [0.1, 0.15) is 5.75 Å². The first-order chi connectivity index (χ1) is 12.7. The third-order valence-electron chi connectivity index (χ3n) is 5.16. The van der Waals surface area contributed by atoms with Crippen LogP contribution in [0.5, 0.6) is 5.75 Å². The van der Waals surface area contributed by atoms with E-state index in [1.165, 1.54) is 5.69 Å². The van der Waals surface area contributed by atoms with Crippen molar-refractivity contribution < 1.29 is 9.53 Å². The molecule has 0 aliphatic carbocycles. The van der Waals surface area contributed by atoms with E-state index < -0.39 is 0 Å². The van der Waals surface area contributed by atoms with E-state index in [4.69, 9.17) is 4.74 Å². The smallest absolute Gasteiger partial charge is 0.227 e. The summed E-state index contributed by atoms with van der Waals surface area (Å²) in [6.45, 7) is 1.57. The van der Waals surface area contributed by atoms with E-state index in [0.717, 1.165) is 48.3 Å². The highest BCUT2D eigenvalue weighted by Gasteiger charge is 2.26. The van der Waals surface area contributed by atoms with Crippen molar-refractivity contribution in [1.82, 2.24) is 14.9 Å². The molecule has 5 heteroatoms. The molecule has 0 spiro atoms. The van der Waals surface area contributed by atoms with Crippen molar-refractivity contribution in [2.45, 2.75) is 25.2 Å². The Labute approximate surface area is 153 Å². The van der Waals surface area contributed by atoms with E-state index in [-0.39, 0.29) is 5.91 Å². The molecule has 3 aromatic rings. The number of carbonyl (C=O) groups excluding carboxylic acids is 1. The number of rotatable bonds is 4. The molecule has 5 nitrogen and oxygen atoms in total. The van der Waals surface area contributed by atoms with Gasteiger partial charge >= 0.3 is 0 Å². The zero-order chi connectivity index (χ0) is 17.9. The molecule has 26 heavy (non-hydrogen) atoms. The Hall–Kier alpha value is -2.82. The summed E-state index contributed by atoms with van der Waals surface area (Å²) in [5.74, 6) is 1.27. The summed E-state index contributed by atoms with van der Waals surface area (Å²) in [7, 11) is 1.64. The van der Waals surface area contributed by atoms with E-state index in [1.807, 2.05) is 47.5 Å². The molecule has 0 unspecified atom stereocenters. The van der Waals surface area contributed by atoms with E-state index >= 15 is 0 Å². The van der Waals surface area contributed by atoms with E-state index in [0.29, 0.717) is 12.3 Å². The van der Waals surface area contributed by atoms with Crippen molar-refractivity contribution >= 4 is 16.9 Å². The summed E-state index contributed by atoms with van der Waals surface area (Å²) < 4.78 is 5.37. The number of para-hydroxylation sites is 1. The molecule has 0 radical (unpaired) electrons. The summed E-state index contributed by atoms with van der Waals surface area (Å²) in [5.41, 5.74) is 4.16. The molecule has 1 aliphatic rings. The maximum atomic E-state index is 12.8. The number of fused-ring (bicyclic) bond motifs is 1. The predicted molar refractivity (Wildman–Crippen MR) is 101 cm³/mol. The Balaban J connectivity index is 1.48. The molecule has 1 fully saturated rings. The van der Waals surface area contributed by atoms with E-state index in [1.54, 1.807) is 7.11 Å². The fourth-order valence-corrected chi connectivity index (χ4v) is 3.78. The average Bonchev–Trinajstić information content (AvgIpc) is 3.13. The fraction of sp³-hybridized carbons (Fsp3) is 0.333. The molecule has 1 amide bonds. The number of hydrogen-bond acceptors (Lipinski definition) is 3. The number of pyridine rings is 1. The van der Waals surface area contributed by atoms with Crippen LogP contribution in [0.1, 0.15) is 30.0 Å². The molecule has 1 atom stereocenters. The molecule has 4 rings (SSSR count). The molecule has 1 aromatic carbocycles. The van der Waals surface area contributed by atoms with E-state index in [2.05, 4.69) is 16.0 Å². The van der Waals surface area contributed by atoms with Crippen molar-refractivity contribution in [2.24, 2.45) is 0 Å². The van der Waals surface area contributed by atoms with Gasteiger partial charge in [-0.1, -0.05) is 18.2 Å². The lowest BCUT2D eigenvalue weighted by Crippen LogP contribution is -2.40. The first-order valence-electron chi connectivity index (χ1n) is 9.08. The van der Waals surface area contributed by atoms with Crippen LogP contribution in [0.25, 0.3) is 11.0 Å². The minimum atomic E-state index is 0.161. The summed E-state index contributed by atoms with van der Waals surface area (Å²) >= 11 is 0. The van der Waals surface area contributed by atoms with Gasteiger partial charge in [0.05, 0.1) is 24.6 Å². The molecule has 1 N–H and O–H groups in total. The second-order valence-electron chi connectivity index (χ2n) is 6.83. The van der Waals surface area contributed by atoms with Crippen LogP contribution < -0.4 is 4.74 Å². The zero-order valence-corrected chi connectivity index (χ0v) is 14.9. The molecule has 134 valence electrons. The molecule has 1 aliphatic heterocycles. The first-order valence-corrected chi connectivity index (χ1v) is 9.08. The van der Waals surface area contributed by atoms with Crippen LogP contribution in [0.2, 0.25) is 0 Å². The van der Waals surface area contributed by atoms with Crippen molar-refractivity contribution in [3.05, 3.63) is 59.9 Å². The van der Waals surface area contributed by atoms with Gasteiger partial charge in [-0.05, 0) is 37.1 Å². The maximum absolute atomic E-state index is 12.8. The number of aromatic nitrogens is 2. The minimum absolute atomic E-state index is 0.161. The van der Waals surface area contributed by atoms with Gasteiger partial charge in [-0.15, -0.1) is 0 Å². The zero-order valence-electron chi connectivity index (χ0n) is 14.9. The number of benzene rings is 1. The minimum Gasteiger partial charge on any atom is -0.496 e. The summed E-state index contributed by atoms with van der Waals surface area (Å²) in [5, 5.41) is 0. The number of aromatic amines is 1. The highest BCUT2D eigenvalue weighted by atomic mass is 16.5. The molecule has 1 saturated heterocycles. The number of carbonyl (C=O) groups is 1. The van der Waals surface area contributed by atoms with Gasteiger partial charge < -0.3 is 14.6 Å². The van der Waals surface area contributed by atoms with E-state index in [9.17, 15) is 4.79 Å². The largest absolute Gasteiger partial charge is 0.496 e. The summed E-state index contributed by atoms with van der Waals surface area (Å²) in [4.78, 5) is 22.7. The van der Waals surface area contributed by atoms with Gasteiger partial charge in [-0.3, -0.25) is 9.78 Å². The number of H-pyrrole nitrogens is 1. The van der Waals surface area contributed by atoms with Gasteiger partial charge in [-0.2, -0.15) is 0 Å². The number of likely N-dealkylation sites (tertiary alicyclic amines) is 1. The van der Waals surface area contributed by atoms with Crippen molar-refractivity contribution in [3.63, 3.8) is 0 Å². The number of ether oxygens (including phenoxy) is 1. The van der Waals surface area contributed by atoms with Crippen molar-refractivity contribution in [3.8, 4) is 5.75 Å². The number of amides is 1. The number of hydrogen-bond donors (Lipinski definition) is 1. The van der Waals surface area contributed by atoms with Crippen molar-refractivity contribution in [2.75, 3.05) is 20.2 Å². The van der Waals surface area contributed by atoms with Crippen LogP contribution in [0.3, 0.4) is 0 Å². The van der Waals surface area contributed by atoms with Crippen LogP contribution in [0, 0.1) is 0 Å². The van der Waals surface area contributed by atoms with Gasteiger partial charge in [-0.25, -0.2) is 0 Å². The van der Waals surface area contributed by atoms with Crippen LogP contribution >= 0.6 is 0 Å². The maximum Gasteiger partial charge on any atom is 0.227 e. The van der Waals surface area contributed by atoms with Gasteiger partial charge in [0.25, 0.3) is 0 Å². The monoisotopic (exact) mass is 349 g/mol. The number of methoxy groups -OCH3 is 1. The van der Waals surface area contributed by atoms with Gasteiger partial charge in [0, 0.05) is 36.5 Å². The molecule has 2 aromatic heterocycles. The van der Waals surface area contributed by atoms with Crippen LogP contribution in [-0.2, 0) is 11.2 Å². The third-order valence-corrected chi connectivity index (χ3v) is 5.16. The Morgan fingerprint density at radius 1 is 1.31 bits per heavy atom. The first kappa shape index (κ1) is 16.6. The number of nitrogens with zero attached hydrogens (tertiary/aromatic N) is 2. The second kappa shape index (κ2) is 7.20. The van der Waals surface area contributed by atoms with Crippen molar-refractivity contribution in [1.29, 1.82) is 0 Å². The number of piperidine rings is 1. The van der Waals surface area contributed by atoms with Crippen LogP contribution in [-0.4, -0.2) is 41.0 Å². The molecule has 0 saturated carbocycles. The Bertz CT molecular complexity index is 885. The lowest BCUT2D eigenvalue weighted by molar-refractivity contribution is -0.131. The lowest BCUT2D eigenvalue weighted by atomic mass is 9.94.